The van der Waals surface area contributed by atoms with Crippen LogP contribution in [0.15, 0.2) is 48.7 Å². The second-order valence-corrected chi connectivity index (χ2v) is 9.73. The molecule has 3 N–H and O–H groups in total. The van der Waals surface area contributed by atoms with Gasteiger partial charge in [-0.2, -0.15) is 0 Å². The number of aromatic nitrogens is 2. The summed E-state index contributed by atoms with van der Waals surface area (Å²) < 4.78 is 0. The standard InChI is InChI=1S/C27H35N7O/c1-28-21-8-6-19(7-9-21)26(35)31-24-5-3-4-20-18-29-27(32-25(20)24)30-22-10-12-23(13-11-22)34-16-14-33(2)15-17-34/h3-5,10-13,18-19,21,28H,6-9,14-17H2,1-2H3,(H,31,35)(H,29,30,32). The van der Waals surface area contributed by atoms with Gasteiger partial charge in [-0.3, -0.25) is 4.79 Å². The number of nitrogens with one attached hydrogen (secondary N) is 3. The van der Waals surface area contributed by atoms with E-state index < -0.39 is 0 Å². The maximum Gasteiger partial charge on any atom is 0.227 e. The van der Waals surface area contributed by atoms with Crippen molar-refractivity contribution in [3.05, 3.63) is 48.7 Å². The third-order valence-electron chi connectivity index (χ3n) is 7.37. The van der Waals surface area contributed by atoms with Crippen molar-refractivity contribution in [1.29, 1.82) is 0 Å². The molecule has 1 saturated heterocycles. The zero-order chi connectivity index (χ0) is 24.2. The molecule has 2 aliphatic rings. The van der Waals surface area contributed by atoms with Crippen LogP contribution in [0.2, 0.25) is 0 Å². The van der Waals surface area contributed by atoms with Gasteiger partial charge in [-0.15, -0.1) is 0 Å². The number of anilines is 4. The van der Waals surface area contributed by atoms with Crippen LogP contribution in [-0.4, -0.2) is 67.1 Å². The van der Waals surface area contributed by atoms with Crippen LogP contribution in [0.4, 0.5) is 23.0 Å². The Morgan fingerprint density at radius 1 is 0.971 bits per heavy atom. The number of carbonyl (C=O) groups excluding carboxylic acids is 1. The maximum absolute atomic E-state index is 13.0. The second-order valence-electron chi connectivity index (χ2n) is 9.73. The Morgan fingerprint density at radius 3 is 2.43 bits per heavy atom. The quantitative estimate of drug-likeness (QED) is 0.502. The molecular formula is C27H35N7O. The predicted molar refractivity (Wildman–Crippen MR) is 142 cm³/mol. The van der Waals surface area contributed by atoms with Gasteiger partial charge in [0, 0.05) is 61.1 Å². The van der Waals surface area contributed by atoms with Crippen molar-refractivity contribution in [2.45, 2.75) is 31.7 Å². The van der Waals surface area contributed by atoms with E-state index in [0.717, 1.165) is 74.1 Å². The monoisotopic (exact) mass is 473 g/mol. The highest BCUT2D eigenvalue weighted by Crippen LogP contribution is 2.28. The molecule has 1 aromatic heterocycles. The summed E-state index contributed by atoms with van der Waals surface area (Å²) in [4.78, 5) is 27.0. The Kier molecular flexibility index (Phi) is 7.11. The molecule has 2 fully saturated rings. The van der Waals surface area contributed by atoms with Gasteiger partial charge < -0.3 is 25.8 Å². The van der Waals surface area contributed by atoms with Crippen molar-refractivity contribution < 1.29 is 4.79 Å². The molecule has 8 nitrogen and oxygen atoms in total. The summed E-state index contributed by atoms with van der Waals surface area (Å²) in [5.74, 6) is 0.647. The summed E-state index contributed by atoms with van der Waals surface area (Å²) in [7, 11) is 4.16. The van der Waals surface area contributed by atoms with Gasteiger partial charge in [-0.05, 0) is 70.1 Å². The van der Waals surface area contributed by atoms with Gasteiger partial charge in [0.25, 0.3) is 0 Å². The van der Waals surface area contributed by atoms with Gasteiger partial charge in [0.2, 0.25) is 11.9 Å². The van der Waals surface area contributed by atoms with Crippen molar-refractivity contribution in [2.24, 2.45) is 5.92 Å². The lowest BCUT2D eigenvalue weighted by molar-refractivity contribution is -0.120. The molecule has 1 aliphatic carbocycles. The highest BCUT2D eigenvalue weighted by atomic mass is 16.1. The van der Waals surface area contributed by atoms with Gasteiger partial charge in [-0.25, -0.2) is 9.97 Å². The average Bonchev–Trinajstić information content (AvgIpc) is 2.90. The minimum atomic E-state index is 0.0492. The first-order chi connectivity index (χ1) is 17.1. The molecule has 2 heterocycles. The highest BCUT2D eigenvalue weighted by Gasteiger charge is 2.26. The van der Waals surface area contributed by atoms with Gasteiger partial charge in [0.05, 0.1) is 11.2 Å². The number of amides is 1. The molecule has 2 aromatic carbocycles. The van der Waals surface area contributed by atoms with Crippen LogP contribution in [0, 0.1) is 5.92 Å². The molecule has 0 atom stereocenters. The first kappa shape index (κ1) is 23.5. The van der Waals surface area contributed by atoms with Crippen molar-refractivity contribution >= 4 is 39.8 Å². The topological polar surface area (TPSA) is 85.4 Å². The number of fused-ring (bicyclic) bond motifs is 1. The fourth-order valence-electron chi connectivity index (χ4n) is 5.05. The van der Waals surface area contributed by atoms with E-state index in [4.69, 9.17) is 4.98 Å². The Balaban J connectivity index is 1.28. The molecule has 8 heteroatoms. The number of hydrogen-bond donors (Lipinski definition) is 3. The van der Waals surface area contributed by atoms with Gasteiger partial charge >= 0.3 is 0 Å². The van der Waals surface area contributed by atoms with Crippen molar-refractivity contribution in [3.8, 4) is 0 Å². The largest absolute Gasteiger partial charge is 0.369 e. The van der Waals surface area contributed by atoms with Crippen LogP contribution in [0.5, 0.6) is 0 Å². The molecule has 0 radical (unpaired) electrons. The van der Waals surface area contributed by atoms with Crippen LogP contribution in [0.3, 0.4) is 0 Å². The van der Waals surface area contributed by atoms with E-state index >= 15 is 0 Å². The third kappa shape index (κ3) is 5.55. The molecule has 5 rings (SSSR count). The van der Waals surface area contributed by atoms with Gasteiger partial charge in [0.15, 0.2) is 0 Å². The Bertz CT molecular complexity index is 1150. The first-order valence-corrected chi connectivity index (χ1v) is 12.6. The van der Waals surface area contributed by atoms with Crippen LogP contribution in [0.1, 0.15) is 25.7 Å². The van der Waals surface area contributed by atoms with Crippen molar-refractivity contribution in [3.63, 3.8) is 0 Å². The number of nitrogens with zero attached hydrogens (tertiary/aromatic N) is 4. The second kappa shape index (κ2) is 10.6. The lowest BCUT2D eigenvalue weighted by atomic mass is 9.85. The summed E-state index contributed by atoms with van der Waals surface area (Å²) in [6, 6.07) is 14.8. The molecule has 35 heavy (non-hydrogen) atoms. The zero-order valence-corrected chi connectivity index (χ0v) is 20.6. The lowest BCUT2D eigenvalue weighted by Gasteiger charge is -2.34. The molecule has 184 valence electrons. The first-order valence-electron chi connectivity index (χ1n) is 12.6. The van der Waals surface area contributed by atoms with E-state index in [1.165, 1.54) is 5.69 Å². The van der Waals surface area contributed by atoms with E-state index in [1.807, 2.05) is 25.2 Å². The van der Waals surface area contributed by atoms with E-state index in [1.54, 1.807) is 6.20 Å². The third-order valence-corrected chi connectivity index (χ3v) is 7.37. The van der Waals surface area contributed by atoms with Gasteiger partial charge in [0.1, 0.15) is 0 Å². The van der Waals surface area contributed by atoms with Crippen LogP contribution in [0.25, 0.3) is 10.9 Å². The minimum absolute atomic E-state index is 0.0492. The number of para-hydroxylation sites is 1. The molecule has 0 bridgehead atoms. The maximum atomic E-state index is 13.0. The summed E-state index contributed by atoms with van der Waals surface area (Å²) in [5, 5.41) is 10.7. The summed E-state index contributed by atoms with van der Waals surface area (Å²) in [5.41, 5.74) is 3.65. The van der Waals surface area contributed by atoms with Crippen LogP contribution < -0.4 is 20.9 Å². The van der Waals surface area contributed by atoms with Crippen molar-refractivity contribution in [1.82, 2.24) is 20.2 Å². The Morgan fingerprint density at radius 2 is 1.71 bits per heavy atom. The smallest absolute Gasteiger partial charge is 0.227 e. The van der Waals surface area contributed by atoms with Crippen LogP contribution >= 0.6 is 0 Å². The molecular weight excluding hydrogens is 438 g/mol. The number of rotatable bonds is 6. The highest BCUT2D eigenvalue weighted by molar-refractivity contribution is 6.01. The average molecular weight is 474 g/mol. The number of hydrogen-bond acceptors (Lipinski definition) is 7. The normalized spacial score (nSPS) is 21.1. The molecule has 1 amide bonds. The van der Waals surface area contributed by atoms with Gasteiger partial charge in [-0.1, -0.05) is 12.1 Å². The fraction of sp³-hybridized carbons (Fsp3) is 0.444. The molecule has 0 spiro atoms. The summed E-state index contributed by atoms with van der Waals surface area (Å²) in [6.07, 6.45) is 5.70. The zero-order valence-electron chi connectivity index (χ0n) is 20.6. The van der Waals surface area contributed by atoms with E-state index in [0.29, 0.717) is 12.0 Å². The van der Waals surface area contributed by atoms with Crippen LogP contribution in [-0.2, 0) is 4.79 Å². The van der Waals surface area contributed by atoms with E-state index in [9.17, 15) is 4.79 Å². The summed E-state index contributed by atoms with van der Waals surface area (Å²) >= 11 is 0. The molecule has 0 unspecified atom stereocenters. The predicted octanol–water partition coefficient (Wildman–Crippen LogP) is 3.84. The van der Waals surface area contributed by atoms with E-state index in [-0.39, 0.29) is 11.8 Å². The number of carbonyl (C=O) groups is 1. The fourth-order valence-corrected chi connectivity index (χ4v) is 5.05. The molecule has 1 saturated carbocycles. The minimum Gasteiger partial charge on any atom is -0.369 e. The van der Waals surface area contributed by atoms with Crippen molar-refractivity contribution in [2.75, 3.05) is 55.8 Å². The SMILES string of the molecule is CNC1CCC(C(=O)Nc2cccc3cnc(Nc4ccc(N5CCN(C)CC5)cc4)nc23)CC1. The molecule has 3 aromatic rings. The summed E-state index contributed by atoms with van der Waals surface area (Å²) in [6.45, 7) is 4.26. The number of likely N-dealkylation sites (N-methyl/N-ethyl adjacent to an activating group) is 1. The van der Waals surface area contributed by atoms with E-state index in [2.05, 4.69) is 62.0 Å². The lowest BCUT2D eigenvalue weighted by Crippen LogP contribution is -2.44. The molecule has 1 aliphatic heterocycles. The Hall–Kier alpha value is -3.23. The number of piperazine rings is 1. The Labute approximate surface area is 207 Å². The number of benzene rings is 2.